The zero-order chi connectivity index (χ0) is 34.6. The summed E-state index contributed by atoms with van der Waals surface area (Å²) in [7, 11) is 0. The molecule has 248 valence electrons. The molecule has 0 heterocycles. The quantitative estimate of drug-likeness (QED) is 0.0965. The van der Waals surface area contributed by atoms with E-state index >= 15 is 0 Å². The van der Waals surface area contributed by atoms with Crippen LogP contribution in [0, 0.1) is 0 Å². The lowest BCUT2D eigenvalue weighted by atomic mass is 9.89. The predicted octanol–water partition coefficient (Wildman–Crippen LogP) is 13.0. The van der Waals surface area contributed by atoms with Crippen LogP contribution in [0.25, 0.3) is 65.3 Å². The number of carbonyl (C=O) groups excluding carboxylic acids is 2. The van der Waals surface area contributed by atoms with E-state index in [0.29, 0.717) is 0 Å². The van der Waals surface area contributed by atoms with Gasteiger partial charge in [-0.15, -0.1) is 0 Å². The summed E-state index contributed by atoms with van der Waals surface area (Å²) in [6, 6.07) is 51.2. The lowest BCUT2D eigenvalue weighted by Gasteiger charge is -2.15. The Labute approximate surface area is 299 Å². The fourth-order valence-corrected chi connectivity index (χ4v) is 8.11. The van der Waals surface area contributed by atoms with Gasteiger partial charge in [-0.05, 0) is 102 Å². The van der Waals surface area contributed by atoms with Crippen LogP contribution in [0.4, 0.5) is 0 Å². The van der Waals surface area contributed by atoms with Crippen LogP contribution in [-0.4, -0.2) is 12.6 Å². The van der Waals surface area contributed by atoms with E-state index in [4.69, 9.17) is 0 Å². The maximum atomic E-state index is 11.7. The molecule has 8 rings (SSSR count). The number of unbranched alkanes of at least 4 members (excludes halogenated alkanes) is 4. The molecule has 0 saturated carbocycles. The maximum Gasteiger partial charge on any atom is 0.150 e. The van der Waals surface area contributed by atoms with Crippen LogP contribution in [0.1, 0.15) is 63.9 Å². The van der Waals surface area contributed by atoms with Gasteiger partial charge in [0.05, 0.1) is 0 Å². The van der Waals surface area contributed by atoms with Gasteiger partial charge in [0.1, 0.15) is 0 Å². The van der Waals surface area contributed by atoms with Gasteiger partial charge in [-0.2, -0.15) is 0 Å². The summed E-state index contributed by atoms with van der Waals surface area (Å²) >= 11 is 0. The van der Waals surface area contributed by atoms with Crippen LogP contribution >= 0.6 is 0 Å². The topological polar surface area (TPSA) is 34.1 Å². The molecule has 0 saturated heterocycles. The van der Waals surface area contributed by atoms with Gasteiger partial charge in [-0.1, -0.05) is 165 Å². The van der Waals surface area contributed by atoms with Crippen LogP contribution in [0.3, 0.4) is 0 Å². The van der Waals surface area contributed by atoms with Crippen LogP contribution < -0.4 is 0 Å². The minimum atomic E-state index is 0.731. The van der Waals surface area contributed by atoms with Crippen molar-refractivity contribution in [1.29, 1.82) is 0 Å². The van der Waals surface area contributed by atoms with Gasteiger partial charge in [0, 0.05) is 11.1 Å². The molecular formula is C49H40O2. The van der Waals surface area contributed by atoms with Crippen molar-refractivity contribution < 1.29 is 9.59 Å². The molecule has 0 aliphatic rings. The first-order valence-electron chi connectivity index (χ1n) is 18.2. The molecule has 8 aromatic rings. The van der Waals surface area contributed by atoms with E-state index in [0.717, 1.165) is 58.1 Å². The summed E-state index contributed by atoms with van der Waals surface area (Å²) in [6.07, 6.45) is 10.1. The van der Waals surface area contributed by atoms with E-state index in [1.165, 1.54) is 87.0 Å². The summed E-state index contributed by atoms with van der Waals surface area (Å²) < 4.78 is 0. The van der Waals surface area contributed by atoms with Crippen molar-refractivity contribution in [2.24, 2.45) is 0 Å². The highest BCUT2D eigenvalue weighted by Gasteiger charge is 2.14. The zero-order valence-corrected chi connectivity index (χ0v) is 28.8. The smallest absolute Gasteiger partial charge is 0.150 e. The Bertz CT molecular complexity index is 2380. The van der Waals surface area contributed by atoms with Gasteiger partial charge in [0.25, 0.3) is 0 Å². The number of fused-ring (bicyclic) bond motifs is 4. The van der Waals surface area contributed by atoms with Crippen LogP contribution in [0.15, 0.2) is 146 Å². The molecule has 0 amide bonds. The first-order chi connectivity index (χ1) is 25.2. The average molecular weight is 661 g/mol. The highest BCUT2D eigenvalue weighted by molar-refractivity contribution is 6.11. The van der Waals surface area contributed by atoms with Gasteiger partial charge in [-0.25, -0.2) is 0 Å². The predicted molar refractivity (Wildman–Crippen MR) is 215 cm³/mol. The average Bonchev–Trinajstić information content (AvgIpc) is 3.19. The SMILES string of the molecule is O=Cc1ccc(-c2ccc(CCCCCCCc3ccc(-c4ccc(C=O)c5ccccc45)c4ccccc34)c3ccccc23)c2ccccc12. The number of aldehydes is 2. The largest absolute Gasteiger partial charge is 0.298 e. The lowest BCUT2D eigenvalue weighted by molar-refractivity contribution is 0.111. The molecule has 51 heavy (non-hydrogen) atoms. The van der Waals surface area contributed by atoms with Gasteiger partial charge in [0.2, 0.25) is 0 Å². The summed E-state index contributed by atoms with van der Waals surface area (Å²) in [5.41, 5.74) is 9.04. The first-order valence-corrected chi connectivity index (χ1v) is 18.2. The van der Waals surface area contributed by atoms with E-state index in [-0.39, 0.29) is 0 Å². The van der Waals surface area contributed by atoms with Crippen molar-refractivity contribution in [2.75, 3.05) is 0 Å². The van der Waals surface area contributed by atoms with Gasteiger partial charge in [-0.3, -0.25) is 9.59 Å². The molecule has 0 spiro atoms. The summed E-state index contributed by atoms with van der Waals surface area (Å²) in [4.78, 5) is 23.4. The maximum absolute atomic E-state index is 11.7. The molecule has 2 nitrogen and oxygen atoms in total. The molecule has 0 fully saturated rings. The van der Waals surface area contributed by atoms with E-state index in [2.05, 4.69) is 109 Å². The van der Waals surface area contributed by atoms with Crippen molar-refractivity contribution >= 4 is 55.7 Å². The highest BCUT2D eigenvalue weighted by Crippen LogP contribution is 2.38. The second kappa shape index (κ2) is 14.5. The second-order valence-electron chi connectivity index (χ2n) is 13.6. The van der Waals surface area contributed by atoms with E-state index in [1.54, 1.807) is 0 Å². The number of hydrogen-bond acceptors (Lipinski definition) is 2. The summed E-state index contributed by atoms with van der Waals surface area (Å²) in [5, 5.41) is 9.40. The number of carbonyl (C=O) groups is 2. The van der Waals surface area contributed by atoms with Crippen molar-refractivity contribution in [2.45, 2.75) is 44.9 Å². The van der Waals surface area contributed by atoms with Crippen LogP contribution in [0.5, 0.6) is 0 Å². The Kier molecular flexibility index (Phi) is 9.23. The summed E-state index contributed by atoms with van der Waals surface area (Å²) in [6.45, 7) is 0. The molecule has 0 bridgehead atoms. The third kappa shape index (κ3) is 6.23. The van der Waals surface area contributed by atoms with E-state index in [1.807, 2.05) is 36.4 Å². The Morgan fingerprint density at radius 2 is 0.588 bits per heavy atom. The fourth-order valence-electron chi connectivity index (χ4n) is 8.11. The molecular weight excluding hydrogens is 621 g/mol. The Hall–Kier alpha value is -5.86. The van der Waals surface area contributed by atoms with Crippen molar-refractivity contribution in [3.63, 3.8) is 0 Å². The van der Waals surface area contributed by atoms with Crippen molar-refractivity contribution in [1.82, 2.24) is 0 Å². The molecule has 0 atom stereocenters. The van der Waals surface area contributed by atoms with Gasteiger partial charge < -0.3 is 0 Å². The molecule has 0 unspecified atom stereocenters. The lowest BCUT2D eigenvalue weighted by Crippen LogP contribution is -1.93. The second-order valence-corrected chi connectivity index (χ2v) is 13.6. The number of aryl methyl sites for hydroxylation is 2. The standard InChI is InChI=1S/C49H40O2/c50-32-36-26-30-48(44-22-12-8-18-40(36)44)46-28-24-34(38-16-6-10-20-42(38)46)14-4-2-1-3-5-15-35-25-29-47(43-21-11-7-17-39(35)43)49-31-27-37(33-51)41-19-9-13-23-45(41)49/h6-13,16-33H,1-5,14-15H2. The molecule has 8 aromatic carbocycles. The first kappa shape index (κ1) is 32.4. The number of benzene rings is 8. The molecule has 2 heteroatoms. The van der Waals surface area contributed by atoms with Crippen LogP contribution in [0.2, 0.25) is 0 Å². The Balaban J connectivity index is 0.924. The number of rotatable bonds is 12. The monoisotopic (exact) mass is 660 g/mol. The van der Waals surface area contributed by atoms with Crippen LogP contribution in [-0.2, 0) is 12.8 Å². The molecule has 0 radical (unpaired) electrons. The zero-order valence-electron chi connectivity index (χ0n) is 28.8. The third-order valence-corrected chi connectivity index (χ3v) is 10.7. The third-order valence-electron chi connectivity index (χ3n) is 10.7. The van der Waals surface area contributed by atoms with Gasteiger partial charge >= 0.3 is 0 Å². The van der Waals surface area contributed by atoms with Gasteiger partial charge in [0.15, 0.2) is 12.6 Å². The van der Waals surface area contributed by atoms with E-state index in [9.17, 15) is 9.59 Å². The molecule has 0 aliphatic carbocycles. The number of hydrogen-bond donors (Lipinski definition) is 0. The Morgan fingerprint density at radius 3 is 0.961 bits per heavy atom. The highest BCUT2D eigenvalue weighted by atomic mass is 16.1. The van der Waals surface area contributed by atoms with Crippen molar-refractivity contribution in [3.05, 3.63) is 168 Å². The molecule has 0 N–H and O–H groups in total. The minimum absolute atomic E-state index is 0.731. The fraction of sp³-hybridized carbons (Fsp3) is 0.143. The Morgan fingerprint density at radius 1 is 0.294 bits per heavy atom. The minimum Gasteiger partial charge on any atom is -0.298 e. The van der Waals surface area contributed by atoms with E-state index < -0.39 is 0 Å². The molecule has 0 aliphatic heterocycles. The van der Waals surface area contributed by atoms with Crippen molar-refractivity contribution in [3.8, 4) is 22.3 Å². The molecule has 0 aromatic heterocycles. The normalized spacial score (nSPS) is 11.5. The summed E-state index contributed by atoms with van der Waals surface area (Å²) in [5.74, 6) is 0.